The summed E-state index contributed by atoms with van der Waals surface area (Å²) in [6.45, 7) is 21.7. The first-order valence-corrected chi connectivity index (χ1v) is 10.7. The van der Waals surface area contributed by atoms with Crippen molar-refractivity contribution in [3.63, 3.8) is 0 Å². The molecule has 1 saturated heterocycles. The molecule has 37 heavy (non-hydrogen) atoms. The predicted molar refractivity (Wildman–Crippen MR) is 142 cm³/mol. The van der Waals surface area contributed by atoms with Crippen LogP contribution in [-0.4, -0.2) is 48.6 Å². The molecule has 1 aliphatic rings. The van der Waals surface area contributed by atoms with Crippen LogP contribution in [0.25, 0.3) is 14.5 Å². The fourth-order valence-corrected chi connectivity index (χ4v) is 2.48. The molecule has 0 amide bonds. The number of ether oxygens (including phenoxy) is 1. The third-order valence-electron chi connectivity index (χ3n) is 3.40. The Morgan fingerprint density at radius 1 is 0.703 bits per heavy atom. The van der Waals surface area contributed by atoms with Gasteiger partial charge in [-0.1, -0.05) is 23.2 Å². The molecule has 3 aromatic heterocycles. The van der Waals surface area contributed by atoms with Crippen molar-refractivity contribution >= 4 is 75.2 Å². The first-order chi connectivity index (χ1) is 16.7. The van der Waals surface area contributed by atoms with Gasteiger partial charge in [-0.15, -0.1) is 0 Å². The number of nitrogens with zero attached hydrogens (tertiary/aromatic N) is 9. The molecule has 0 aromatic carbocycles. The monoisotopic (exact) mass is 588 g/mol. The van der Waals surface area contributed by atoms with Gasteiger partial charge in [0.15, 0.2) is 0 Å². The number of hydrogen-bond acceptors (Lipinski definition) is 10. The Morgan fingerprint density at radius 2 is 1.14 bits per heavy atom. The van der Waals surface area contributed by atoms with Gasteiger partial charge >= 0.3 is 0 Å². The van der Waals surface area contributed by atoms with Crippen LogP contribution >= 0.6 is 46.4 Å². The van der Waals surface area contributed by atoms with E-state index in [0.717, 1.165) is 13.2 Å². The minimum Gasteiger partial charge on any atom is -0.412 e. The van der Waals surface area contributed by atoms with Crippen molar-refractivity contribution in [1.29, 1.82) is 0 Å². The highest BCUT2D eigenvalue weighted by molar-refractivity contribution is 6.33. The summed E-state index contributed by atoms with van der Waals surface area (Å²) in [6.07, 6.45) is 6.42. The topological polar surface area (TPSA) is 218 Å². The minimum absolute atomic E-state index is 0. The Kier molecular flexibility index (Phi) is 18.7. The summed E-state index contributed by atoms with van der Waals surface area (Å²) in [6, 6.07) is 0. The molecule has 3 aromatic rings. The van der Waals surface area contributed by atoms with Crippen molar-refractivity contribution in [2.75, 3.05) is 24.7 Å². The number of rotatable bonds is 0. The molecule has 14 nitrogen and oxygen atoms in total. The third-order valence-corrected chi connectivity index (χ3v) is 4.32. The number of hydrogen-bond donors (Lipinski definition) is 3. The van der Waals surface area contributed by atoms with Crippen LogP contribution in [0.5, 0.6) is 0 Å². The Bertz CT molecular complexity index is 1100. The van der Waals surface area contributed by atoms with Crippen LogP contribution in [-0.2, 0) is 4.74 Å². The lowest BCUT2D eigenvalue weighted by atomic mass is 10.4. The molecular formula is C19H20Cl4N12O2. The van der Waals surface area contributed by atoms with Crippen molar-refractivity contribution in [1.82, 2.24) is 36.1 Å². The van der Waals surface area contributed by atoms with E-state index in [4.69, 9.17) is 82.3 Å². The standard InChI is InChI=1S/C5HCl2N3.2C5H3ClN4.C4H8O.H3N.H2O/c1-8-3-2-9-5(7)10-4(3)6;1-8-3-2-9-5(6)10-4(3)7;1-8-3-2-9-5(7)10-4(3)6;1-2-4-5-3-1;;/h2H;2*2H,(H2,7,9,10);1-4H2;1H3;1H2. The lowest BCUT2D eigenvalue weighted by Gasteiger charge is -1.93. The highest BCUT2D eigenvalue weighted by atomic mass is 35.5. The van der Waals surface area contributed by atoms with Crippen molar-refractivity contribution in [2.24, 2.45) is 0 Å². The largest absolute Gasteiger partial charge is 0.412 e. The van der Waals surface area contributed by atoms with Crippen LogP contribution in [0, 0.1) is 19.7 Å². The minimum atomic E-state index is 0. The van der Waals surface area contributed by atoms with Crippen molar-refractivity contribution in [3.8, 4) is 0 Å². The maximum atomic E-state index is 6.58. The zero-order chi connectivity index (χ0) is 26.2. The molecule has 1 fully saturated rings. The van der Waals surface area contributed by atoms with E-state index in [1.54, 1.807) is 0 Å². The predicted octanol–water partition coefficient (Wildman–Crippen LogP) is 4.99. The molecule has 4 rings (SSSR count). The Labute approximate surface area is 232 Å². The molecule has 0 atom stereocenters. The summed E-state index contributed by atoms with van der Waals surface area (Å²) in [4.78, 5) is 30.5. The molecule has 0 unspecified atom stereocenters. The van der Waals surface area contributed by atoms with Gasteiger partial charge in [-0.3, -0.25) is 0 Å². The molecule has 0 spiro atoms. The van der Waals surface area contributed by atoms with E-state index in [1.807, 2.05) is 0 Å². The number of nitrogen functional groups attached to an aromatic ring is 2. The fourth-order valence-electron chi connectivity index (χ4n) is 1.81. The van der Waals surface area contributed by atoms with Crippen LogP contribution in [0.15, 0.2) is 18.6 Å². The van der Waals surface area contributed by atoms with E-state index in [1.165, 1.54) is 31.4 Å². The zero-order valence-electron chi connectivity index (χ0n) is 18.9. The molecule has 0 radical (unpaired) electrons. The van der Waals surface area contributed by atoms with Crippen LogP contribution < -0.4 is 17.6 Å². The summed E-state index contributed by atoms with van der Waals surface area (Å²) in [5.74, 6) is 0.201. The highest BCUT2D eigenvalue weighted by Crippen LogP contribution is 2.22. The first kappa shape index (κ1) is 35.5. The second-order valence-electron chi connectivity index (χ2n) is 5.78. The summed E-state index contributed by atoms with van der Waals surface area (Å²) < 4.78 is 4.94. The van der Waals surface area contributed by atoms with Crippen molar-refractivity contribution < 1.29 is 10.2 Å². The number of aromatic nitrogens is 6. The van der Waals surface area contributed by atoms with Crippen LogP contribution in [0.4, 0.5) is 28.8 Å². The van der Waals surface area contributed by atoms with Gasteiger partial charge in [-0.25, -0.2) is 44.4 Å². The zero-order valence-corrected chi connectivity index (χ0v) is 21.9. The molecule has 0 aliphatic carbocycles. The average molecular weight is 590 g/mol. The number of halogens is 4. The van der Waals surface area contributed by atoms with E-state index in [9.17, 15) is 0 Å². The molecule has 9 N–H and O–H groups in total. The van der Waals surface area contributed by atoms with Crippen LogP contribution in [0.3, 0.4) is 0 Å². The smallest absolute Gasteiger partial charge is 0.245 e. The van der Waals surface area contributed by atoms with Gasteiger partial charge in [0.05, 0.1) is 19.7 Å². The van der Waals surface area contributed by atoms with Crippen LogP contribution in [0.2, 0.25) is 20.9 Å². The average Bonchev–Trinajstić information content (AvgIpc) is 3.41. The molecule has 18 heteroatoms. The lowest BCUT2D eigenvalue weighted by Crippen LogP contribution is -1.92. The molecular weight excluding hydrogens is 570 g/mol. The van der Waals surface area contributed by atoms with E-state index >= 15 is 0 Å². The Hall–Kier alpha value is -3.65. The molecule has 0 saturated carbocycles. The Balaban J connectivity index is 0. The summed E-state index contributed by atoms with van der Waals surface area (Å²) in [5, 5.41) is 0.305. The van der Waals surface area contributed by atoms with Crippen molar-refractivity contribution in [3.05, 3.63) is 73.7 Å². The van der Waals surface area contributed by atoms with Gasteiger partial charge in [-0.05, 0) is 36.0 Å². The summed E-state index contributed by atoms with van der Waals surface area (Å²) >= 11 is 21.7. The SMILES string of the molecule is C1CCOC1.N.O.[C-]#[N+]c1cnc(Cl)nc1Cl.[C-]#[N+]c1cnc(Cl)nc1N.[C-]#[N+]c1cnc(N)nc1Cl. The van der Waals surface area contributed by atoms with E-state index in [2.05, 4.69) is 44.4 Å². The van der Waals surface area contributed by atoms with Gasteiger partial charge in [-0.2, -0.15) is 0 Å². The molecule has 196 valence electrons. The normalized spacial score (nSPS) is 10.4. The van der Waals surface area contributed by atoms with Crippen molar-refractivity contribution in [2.45, 2.75) is 12.8 Å². The van der Waals surface area contributed by atoms with Gasteiger partial charge in [0.2, 0.25) is 33.6 Å². The number of nitrogens with two attached hydrogens (primary N) is 2. The molecule has 0 bridgehead atoms. The third kappa shape index (κ3) is 13.9. The van der Waals surface area contributed by atoms with E-state index in [0.29, 0.717) is 0 Å². The van der Waals surface area contributed by atoms with Crippen LogP contribution in [0.1, 0.15) is 12.8 Å². The van der Waals surface area contributed by atoms with E-state index in [-0.39, 0.29) is 61.3 Å². The summed E-state index contributed by atoms with van der Waals surface area (Å²) in [7, 11) is 0. The van der Waals surface area contributed by atoms with Gasteiger partial charge < -0.3 is 27.8 Å². The lowest BCUT2D eigenvalue weighted by molar-refractivity contribution is 0.198. The Morgan fingerprint density at radius 3 is 1.51 bits per heavy atom. The summed E-state index contributed by atoms with van der Waals surface area (Å²) in [5.41, 5.74) is 11.1. The number of anilines is 2. The first-order valence-electron chi connectivity index (χ1n) is 9.16. The maximum Gasteiger partial charge on any atom is 0.245 e. The maximum absolute atomic E-state index is 6.58. The second-order valence-corrected chi connectivity index (χ2v) is 7.18. The molecule has 4 heterocycles. The van der Waals surface area contributed by atoms with E-state index < -0.39 is 0 Å². The van der Waals surface area contributed by atoms with Gasteiger partial charge in [0.25, 0.3) is 0 Å². The highest BCUT2D eigenvalue weighted by Gasteiger charge is 2.02. The second kappa shape index (κ2) is 19.5. The molecule has 1 aliphatic heterocycles. The fraction of sp³-hybridized carbons (Fsp3) is 0.211. The quantitative estimate of drug-likeness (QED) is 0.181. The van der Waals surface area contributed by atoms with Gasteiger partial charge in [0.1, 0.15) is 16.1 Å². The van der Waals surface area contributed by atoms with Gasteiger partial charge in [0, 0.05) is 31.8 Å².